The maximum Gasteiger partial charge on any atom is 0.317 e. The van der Waals surface area contributed by atoms with Crippen molar-refractivity contribution in [3.05, 3.63) is 64.7 Å². The number of benzene rings is 2. The summed E-state index contributed by atoms with van der Waals surface area (Å²) in [5.74, 6) is 0.255. The number of nitrogens with one attached hydrogen (secondary N) is 1. The molecule has 0 bridgehead atoms. The summed E-state index contributed by atoms with van der Waals surface area (Å²) in [7, 11) is 0. The van der Waals surface area contributed by atoms with E-state index in [2.05, 4.69) is 30.4 Å². The van der Waals surface area contributed by atoms with Crippen molar-refractivity contribution in [3.8, 4) is 5.75 Å². The van der Waals surface area contributed by atoms with Crippen LogP contribution in [0.1, 0.15) is 22.3 Å². The molecule has 1 aliphatic heterocycles. The highest BCUT2D eigenvalue weighted by Gasteiger charge is 2.20. The minimum atomic E-state index is -0.0355. The van der Waals surface area contributed by atoms with Gasteiger partial charge in [-0.15, -0.1) is 0 Å². The molecule has 1 aliphatic rings. The van der Waals surface area contributed by atoms with Gasteiger partial charge in [0.05, 0.1) is 0 Å². The number of nitrogens with zero attached hydrogens (tertiary/aromatic N) is 1. The molecule has 4 nitrogen and oxygen atoms in total. The molecule has 2 aromatic rings. The third kappa shape index (κ3) is 3.83. The Kier molecular flexibility index (Phi) is 4.51. The molecule has 3 rings (SSSR count). The van der Waals surface area contributed by atoms with Gasteiger partial charge in [0, 0.05) is 19.6 Å². The molecule has 0 saturated carbocycles. The summed E-state index contributed by atoms with van der Waals surface area (Å²) in [6.45, 7) is 3.97. The van der Waals surface area contributed by atoms with Crippen LogP contribution in [0.25, 0.3) is 0 Å². The number of urea groups is 1. The van der Waals surface area contributed by atoms with Crippen LogP contribution in [0.3, 0.4) is 0 Å². The zero-order valence-corrected chi connectivity index (χ0v) is 13.4. The van der Waals surface area contributed by atoms with E-state index in [0.29, 0.717) is 19.6 Å². The number of aromatic hydroxyl groups is 1. The quantitative estimate of drug-likeness (QED) is 0.915. The largest absolute Gasteiger partial charge is 0.508 e. The fourth-order valence-corrected chi connectivity index (χ4v) is 3.01. The average Bonchev–Trinajstić information content (AvgIpc) is 2.54. The molecule has 0 radical (unpaired) electrons. The number of phenolic OH excluding ortho intramolecular Hbond substituents is 1. The molecule has 0 atom stereocenters. The molecular formula is C19H22N2O2. The third-order valence-electron chi connectivity index (χ3n) is 4.26. The maximum absolute atomic E-state index is 12.3. The number of carbonyl (C=O) groups excluding carboxylic acids is 1. The van der Waals surface area contributed by atoms with Gasteiger partial charge in [-0.1, -0.05) is 35.9 Å². The lowest BCUT2D eigenvalue weighted by atomic mass is 10.00. The van der Waals surface area contributed by atoms with E-state index >= 15 is 0 Å². The van der Waals surface area contributed by atoms with E-state index in [9.17, 15) is 9.90 Å². The summed E-state index contributed by atoms with van der Waals surface area (Å²) in [5.41, 5.74) is 4.72. The standard InChI is InChI=1S/C19H22N2O2/c1-14-3-2-4-15(11-14)7-9-20-19(23)21-10-8-16-5-6-18(22)12-17(16)13-21/h2-6,11-12,22H,7-10,13H2,1H3,(H,20,23). The highest BCUT2D eigenvalue weighted by molar-refractivity contribution is 5.74. The first-order valence-corrected chi connectivity index (χ1v) is 8.01. The number of hydrogen-bond donors (Lipinski definition) is 2. The van der Waals surface area contributed by atoms with E-state index in [-0.39, 0.29) is 11.8 Å². The van der Waals surface area contributed by atoms with Crippen molar-refractivity contribution >= 4 is 6.03 Å². The summed E-state index contributed by atoms with van der Waals surface area (Å²) in [5, 5.41) is 12.6. The van der Waals surface area contributed by atoms with Crippen LogP contribution < -0.4 is 5.32 Å². The number of rotatable bonds is 3. The van der Waals surface area contributed by atoms with E-state index < -0.39 is 0 Å². The summed E-state index contributed by atoms with van der Waals surface area (Å²) in [4.78, 5) is 14.1. The molecule has 0 unspecified atom stereocenters. The molecule has 0 saturated heterocycles. The van der Waals surface area contributed by atoms with Crippen molar-refractivity contribution in [2.24, 2.45) is 0 Å². The van der Waals surface area contributed by atoms with Crippen LogP contribution in [0.2, 0.25) is 0 Å². The zero-order chi connectivity index (χ0) is 16.2. The molecule has 23 heavy (non-hydrogen) atoms. The third-order valence-corrected chi connectivity index (χ3v) is 4.26. The van der Waals surface area contributed by atoms with Crippen molar-refractivity contribution in [2.75, 3.05) is 13.1 Å². The first-order valence-electron chi connectivity index (χ1n) is 8.01. The number of aryl methyl sites for hydroxylation is 1. The average molecular weight is 310 g/mol. The Morgan fingerprint density at radius 1 is 1.22 bits per heavy atom. The van der Waals surface area contributed by atoms with Gasteiger partial charge >= 0.3 is 6.03 Å². The number of hydrogen-bond acceptors (Lipinski definition) is 2. The van der Waals surface area contributed by atoms with Gasteiger partial charge in [0.25, 0.3) is 0 Å². The van der Waals surface area contributed by atoms with Gasteiger partial charge in [0.1, 0.15) is 5.75 Å². The molecule has 0 fully saturated rings. The Hall–Kier alpha value is -2.49. The minimum Gasteiger partial charge on any atom is -0.508 e. The second kappa shape index (κ2) is 6.73. The van der Waals surface area contributed by atoms with E-state index in [1.165, 1.54) is 16.7 Å². The molecule has 120 valence electrons. The molecule has 0 aliphatic carbocycles. The SMILES string of the molecule is Cc1cccc(CCNC(=O)N2CCc3ccc(O)cc3C2)c1. The van der Waals surface area contributed by atoms with Gasteiger partial charge in [-0.05, 0) is 48.6 Å². The lowest BCUT2D eigenvalue weighted by Gasteiger charge is -2.29. The monoisotopic (exact) mass is 310 g/mol. The van der Waals surface area contributed by atoms with Crippen LogP contribution in [0, 0.1) is 6.92 Å². The number of amides is 2. The van der Waals surface area contributed by atoms with Crippen molar-refractivity contribution in [3.63, 3.8) is 0 Å². The number of phenols is 1. The van der Waals surface area contributed by atoms with E-state index in [1.54, 1.807) is 17.0 Å². The highest BCUT2D eigenvalue weighted by Crippen LogP contribution is 2.23. The Balaban J connectivity index is 1.53. The number of fused-ring (bicyclic) bond motifs is 1. The van der Waals surface area contributed by atoms with Crippen molar-refractivity contribution in [1.29, 1.82) is 0 Å². The zero-order valence-electron chi connectivity index (χ0n) is 13.4. The van der Waals surface area contributed by atoms with Gasteiger partial charge in [0.2, 0.25) is 0 Å². The maximum atomic E-state index is 12.3. The fourth-order valence-electron chi connectivity index (χ4n) is 3.01. The van der Waals surface area contributed by atoms with Crippen molar-refractivity contribution in [1.82, 2.24) is 10.2 Å². The van der Waals surface area contributed by atoms with Gasteiger partial charge < -0.3 is 15.3 Å². The number of carbonyl (C=O) groups is 1. The van der Waals surface area contributed by atoms with Crippen LogP contribution in [0.4, 0.5) is 4.79 Å². The molecule has 0 spiro atoms. The lowest BCUT2D eigenvalue weighted by Crippen LogP contribution is -2.43. The predicted octanol–water partition coefficient (Wildman–Crippen LogP) is 3.01. The van der Waals surface area contributed by atoms with Crippen molar-refractivity contribution in [2.45, 2.75) is 26.3 Å². The van der Waals surface area contributed by atoms with E-state index in [0.717, 1.165) is 18.4 Å². The molecule has 2 N–H and O–H groups in total. The Bertz CT molecular complexity index is 712. The molecular weight excluding hydrogens is 288 g/mol. The first-order chi connectivity index (χ1) is 11.1. The van der Waals surface area contributed by atoms with Crippen LogP contribution in [0.15, 0.2) is 42.5 Å². The highest BCUT2D eigenvalue weighted by atomic mass is 16.3. The van der Waals surface area contributed by atoms with Crippen LogP contribution >= 0.6 is 0 Å². The second-order valence-electron chi connectivity index (χ2n) is 6.10. The summed E-state index contributed by atoms with van der Waals surface area (Å²) in [6.07, 6.45) is 1.67. The van der Waals surface area contributed by atoms with Gasteiger partial charge in [-0.25, -0.2) is 4.79 Å². The van der Waals surface area contributed by atoms with E-state index in [4.69, 9.17) is 0 Å². The summed E-state index contributed by atoms with van der Waals surface area (Å²) < 4.78 is 0. The summed E-state index contributed by atoms with van der Waals surface area (Å²) in [6, 6.07) is 13.7. The molecule has 2 aromatic carbocycles. The summed E-state index contributed by atoms with van der Waals surface area (Å²) >= 11 is 0. The second-order valence-corrected chi connectivity index (χ2v) is 6.10. The molecule has 4 heteroatoms. The van der Waals surface area contributed by atoms with Gasteiger partial charge in [-0.3, -0.25) is 0 Å². The molecule has 0 aromatic heterocycles. The normalized spacial score (nSPS) is 13.5. The van der Waals surface area contributed by atoms with E-state index in [1.807, 2.05) is 12.1 Å². The molecule has 2 amide bonds. The van der Waals surface area contributed by atoms with Gasteiger partial charge in [-0.2, -0.15) is 0 Å². The van der Waals surface area contributed by atoms with Crippen LogP contribution in [-0.2, 0) is 19.4 Å². The van der Waals surface area contributed by atoms with Crippen LogP contribution in [-0.4, -0.2) is 29.1 Å². The topological polar surface area (TPSA) is 52.6 Å². The smallest absolute Gasteiger partial charge is 0.317 e. The van der Waals surface area contributed by atoms with Crippen molar-refractivity contribution < 1.29 is 9.90 Å². The minimum absolute atomic E-state index is 0.0355. The Morgan fingerprint density at radius 2 is 2.09 bits per heavy atom. The fraction of sp³-hybridized carbons (Fsp3) is 0.316. The predicted molar refractivity (Wildman–Crippen MR) is 90.5 cm³/mol. The Labute approximate surface area is 136 Å². The van der Waals surface area contributed by atoms with Gasteiger partial charge in [0.15, 0.2) is 0 Å². The van der Waals surface area contributed by atoms with Crippen LogP contribution in [0.5, 0.6) is 5.75 Å². The first kappa shape index (κ1) is 15.4. The lowest BCUT2D eigenvalue weighted by molar-refractivity contribution is 0.192. The molecule has 1 heterocycles. The Morgan fingerprint density at radius 3 is 2.91 bits per heavy atom.